The zero-order valence-electron chi connectivity index (χ0n) is 13.7. The fourth-order valence-electron chi connectivity index (χ4n) is 2.26. The number of amides is 1. The molecule has 7 heteroatoms. The van der Waals surface area contributed by atoms with Crippen LogP contribution in [-0.2, 0) is 4.79 Å². The lowest BCUT2D eigenvalue weighted by Gasteiger charge is -2.21. The Morgan fingerprint density at radius 1 is 1.12 bits per heavy atom. The first-order chi connectivity index (χ1) is 12.6. The summed E-state index contributed by atoms with van der Waals surface area (Å²) in [4.78, 5) is 24.3. The van der Waals surface area contributed by atoms with Crippen LogP contribution in [0.1, 0.15) is 12.0 Å². The standard InChI is InChI=1S/C19H14N4O3/c20-11-4-12-22(17-5-2-1-3-6-17)19(24)16(14-21)13-15-7-9-18(10-8-15)23(25)26/h1-3,5-10,13H,4,12H2/b16-13-. The molecular weight excluding hydrogens is 332 g/mol. The summed E-state index contributed by atoms with van der Waals surface area (Å²) in [7, 11) is 0. The quantitative estimate of drug-likeness (QED) is 0.344. The number of benzene rings is 2. The van der Waals surface area contributed by atoms with Gasteiger partial charge in [-0.2, -0.15) is 10.5 Å². The van der Waals surface area contributed by atoms with Crippen LogP contribution in [0.25, 0.3) is 6.08 Å². The van der Waals surface area contributed by atoms with Crippen molar-refractivity contribution in [3.05, 3.63) is 75.8 Å². The van der Waals surface area contributed by atoms with Crippen molar-refractivity contribution in [2.45, 2.75) is 6.42 Å². The Morgan fingerprint density at radius 2 is 1.77 bits per heavy atom. The number of carbonyl (C=O) groups excluding carboxylic acids is 1. The van der Waals surface area contributed by atoms with Crippen molar-refractivity contribution in [3.63, 3.8) is 0 Å². The Labute approximate surface area is 150 Å². The van der Waals surface area contributed by atoms with Gasteiger partial charge >= 0.3 is 0 Å². The van der Waals surface area contributed by atoms with E-state index in [9.17, 15) is 20.2 Å². The van der Waals surface area contributed by atoms with Gasteiger partial charge in [0.1, 0.15) is 11.6 Å². The molecule has 0 spiro atoms. The minimum Gasteiger partial charge on any atom is -0.307 e. The maximum absolute atomic E-state index is 12.8. The molecule has 0 radical (unpaired) electrons. The number of nitriles is 2. The summed E-state index contributed by atoms with van der Waals surface area (Å²) in [6.07, 6.45) is 1.49. The third kappa shape index (κ3) is 4.53. The van der Waals surface area contributed by atoms with Crippen LogP contribution >= 0.6 is 0 Å². The van der Waals surface area contributed by atoms with Crippen molar-refractivity contribution in [1.29, 1.82) is 10.5 Å². The van der Waals surface area contributed by atoms with Crippen molar-refractivity contribution in [3.8, 4) is 12.1 Å². The molecule has 128 valence electrons. The number of nitro benzene ring substituents is 1. The maximum atomic E-state index is 12.8. The fraction of sp³-hybridized carbons (Fsp3) is 0.105. The molecule has 1 amide bonds. The van der Waals surface area contributed by atoms with Gasteiger partial charge in [0, 0.05) is 24.4 Å². The van der Waals surface area contributed by atoms with Crippen molar-refractivity contribution in [2.24, 2.45) is 0 Å². The van der Waals surface area contributed by atoms with E-state index in [0.717, 1.165) is 0 Å². The molecule has 0 aromatic heterocycles. The van der Waals surface area contributed by atoms with E-state index in [1.807, 2.05) is 12.1 Å². The van der Waals surface area contributed by atoms with Crippen molar-refractivity contribution in [1.82, 2.24) is 0 Å². The minimum absolute atomic E-state index is 0.0769. The number of hydrogen-bond donors (Lipinski definition) is 0. The molecule has 2 aromatic carbocycles. The molecule has 0 aliphatic carbocycles. The number of rotatable bonds is 6. The third-order valence-electron chi connectivity index (χ3n) is 3.53. The summed E-state index contributed by atoms with van der Waals surface area (Å²) in [6, 6.07) is 18.1. The van der Waals surface area contributed by atoms with Crippen LogP contribution in [0.5, 0.6) is 0 Å². The molecule has 0 fully saturated rings. The third-order valence-corrected chi connectivity index (χ3v) is 3.53. The molecule has 26 heavy (non-hydrogen) atoms. The molecule has 0 aliphatic rings. The molecule has 0 unspecified atom stereocenters. The predicted molar refractivity (Wildman–Crippen MR) is 95.7 cm³/mol. The first-order valence-corrected chi connectivity index (χ1v) is 7.67. The van der Waals surface area contributed by atoms with Crippen LogP contribution in [0.4, 0.5) is 11.4 Å². The van der Waals surface area contributed by atoms with Gasteiger partial charge in [-0.15, -0.1) is 0 Å². The van der Waals surface area contributed by atoms with Crippen LogP contribution in [0.15, 0.2) is 60.2 Å². The number of hydrogen-bond acceptors (Lipinski definition) is 5. The van der Waals surface area contributed by atoms with Gasteiger partial charge in [-0.05, 0) is 35.9 Å². The van der Waals surface area contributed by atoms with Crippen LogP contribution < -0.4 is 4.90 Å². The number of non-ortho nitro benzene ring substituents is 1. The smallest absolute Gasteiger partial charge is 0.269 e. The average molecular weight is 346 g/mol. The van der Waals surface area contributed by atoms with E-state index >= 15 is 0 Å². The number of carbonyl (C=O) groups is 1. The highest BCUT2D eigenvalue weighted by Gasteiger charge is 2.20. The van der Waals surface area contributed by atoms with E-state index in [0.29, 0.717) is 11.3 Å². The molecule has 2 aromatic rings. The molecule has 0 saturated heterocycles. The largest absolute Gasteiger partial charge is 0.307 e. The highest BCUT2D eigenvalue weighted by Crippen LogP contribution is 2.19. The summed E-state index contributed by atoms with van der Waals surface area (Å²) in [6.45, 7) is 0.151. The van der Waals surface area contributed by atoms with Crippen LogP contribution in [0.3, 0.4) is 0 Å². The second-order valence-corrected chi connectivity index (χ2v) is 5.22. The van der Waals surface area contributed by atoms with Crippen molar-refractivity contribution in [2.75, 3.05) is 11.4 Å². The molecule has 0 heterocycles. The van der Waals surface area contributed by atoms with Crippen LogP contribution in [-0.4, -0.2) is 17.4 Å². The van der Waals surface area contributed by atoms with Gasteiger partial charge in [0.2, 0.25) is 0 Å². The summed E-state index contributed by atoms with van der Waals surface area (Å²) in [5.74, 6) is -0.535. The summed E-state index contributed by atoms with van der Waals surface area (Å²) in [5, 5.41) is 28.9. The first-order valence-electron chi connectivity index (χ1n) is 7.67. The maximum Gasteiger partial charge on any atom is 0.269 e. The molecule has 7 nitrogen and oxygen atoms in total. The van der Waals surface area contributed by atoms with Gasteiger partial charge in [-0.1, -0.05) is 18.2 Å². The van der Waals surface area contributed by atoms with E-state index in [2.05, 4.69) is 0 Å². The van der Waals surface area contributed by atoms with Gasteiger partial charge in [0.15, 0.2) is 0 Å². The number of nitro groups is 1. The van der Waals surface area contributed by atoms with E-state index in [-0.39, 0.29) is 24.2 Å². The molecule has 0 N–H and O–H groups in total. The zero-order valence-corrected chi connectivity index (χ0v) is 13.7. The highest BCUT2D eigenvalue weighted by molar-refractivity contribution is 6.11. The second-order valence-electron chi connectivity index (χ2n) is 5.22. The topological polar surface area (TPSA) is 111 Å². The molecule has 0 atom stereocenters. The number of nitrogens with zero attached hydrogens (tertiary/aromatic N) is 4. The SMILES string of the molecule is N#CCCN(C(=O)/C(C#N)=C\c1ccc([N+](=O)[O-])cc1)c1ccccc1. The van der Waals surface area contributed by atoms with E-state index in [1.54, 1.807) is 30.3 Å². The van der Waals surface area contributed by atoms with Crippen molar-refractivity contribution < 1.29 is 9.72 Å². The minimum atomic E-state index is -0.535. The molecular formula is C19H14N4O3. The lowest BCUT2D eigenvalue weighted by molar-refractivity contribution is -0.384. The van der Waals surface area contributed by atoms with E-state index in [4.69, 9.17) is 5.26 Å². The second kappa shape index (κ2) is 8.76. The summed E-state index contributed by atoms with van der Waals surface area (Å²) in [5.41, 5.74) is 0.874. The Balaban J connectivity index is 2.33. The first kappa shape index (κ1) is 18.4. The van der Waals surface area contributed by atoms with Gasteiger partial charge in [-0.25, -0.2) is 0 Å². The van der Waals surface area contributed by atoms with Gasteiger partial charge in [0.25, 0.3) is 11.6 Å². The summed E-state index contributed by atoms with van der Waals surface area (Å²) >= 11 is 0. The van der Waals surface area contributed by atoms with E-state index in [1.165, 1.54) is 35.2 Å². The summed E-state index contributed by atoms with van der Waals surface area (Å²) < 4.78 is 0. The monoisotopic (exact) mass is 346 g/mol. The fourth-order valence-corrected chi connectivity index (χ4v) is 2.26. The number of anilines is 1. The lowest BCUT2D eigenvalue weighted by atomic mass is 10.1. The van der Waals surface area contributed by atoms with Gasteiger partial charge in [-0.3, -0.25) is 14.9 Å². The number of para-hydroxylation sites is 1. The Bertz CT molecular complexity index is 907. The molecule has 0 bridgehead atoms. The van der Waals surface area contributed by atoms with Crippen LogP contribution in [0.2, 0.25) is 0 Å². The lowest BCUT2D eigenvalue weighted by Crippen LogP contribution is -2.32. The zero-order chi connectivity index (χ0) is 18.9. The van der Waals surface area contributed by atoms with Gasteiger partial charge < -0.3 is 4.90 Å². The molecule has 0 aliphatic heterocycles. The Hall–Kier alpha value is -3.97. The molecule has 0 saturated carbocycles. The Kier molecular flexibility index (Phi) is 6.19. The van der Waals surface area contributed by atoms with Crippen LogP contribution in [0, 0.1) is 32.8 Å². The Morgan fingerprint density at radius 3 is 2.31 bits per heavy atom. The van der Waals surface area contributed by atoms with Gasteiger partial charge in [0.05, 0.1) is 17.4 Å². The van der Waals surface area contributed by atoms with E-state index < -0.39 is 10.8 Å². The highest BCUT2D eigenvalue weighted by atomic mass is 16.6. The molecule has 2 rings (SSSR count). The predicted octanol–water partition coefficient (Wildman–Crippen LogP) is 3.45. The van der Waals surface area contributed by atoms with Crippen molar-refractivity contribution >= 4 is 23.4 Å². The normalized spacial score (nSPS) is 10.5. The average Bonchev–Trinajstić information content (AvgIpc) is 2.67.